The molecule has 36 heavy (non-hydrogen) atoms. The van der Waals surface area contributed by atoms with Gasteiger partial charge in [0, 0.05) is 50.1 Å². The van der Waals surface area contributed by atoms with Crippen LogP contribution in [0.15, 0.2) is 42.7 Å². The zero-order chi connectivity index (χ0) is 25.7. The van der Waals surface area contributed by atoms with Gasteiger partial charge in [0.1, 0.15) is 11.6 Å². The van der Waals surface area contributed by atoms with Crippen molar-refractivity contribution in [3.63, 3.8) is 0 Å². The van der Waals surface area contributed by atoms with Crippen molar-refractivity contribution in [1.29, 1.82) is 0 Å². The number of likely N-dealkylation sites (tertiary alicyclic amines) is 1. The van der Waals surface area contributed by atoms with Gasteiger partial charge in [-0.1, -0.05) is 23.4 Å². The Kier molecular flexibility index (Phi) is 8.01. The molecule has 3 heterocycles. The molecular formula is C27H27ClFN5O2. The van der Waals surface area contributed by atoms with E-state index >= 15 is 0 Å². The molecule has 0 unspecified atom stereocenters. The highest BCUT2D eigenvalue weighted by Crippen LogP contribution is 2.23. The lowest BCUT2D eigenvalue weighted by Crippen LogP contribution is -2.37. The van der Waals surface area contributed by atoms with Crippen molar-refractivity contribution in [3.8, 4) is 11.8 Å². The first-order chi connectivity index (χ1) is 17.3. The standard InChI is InChI=1S/C27H27ClFN5O2/c1-18-15-22(4-3-20-5-7-23(29)8-6-20)16-30-26(18)31-27(36)25-24(28)17-34(32-25)14-11-21-9-12-33(13-10-21)19(2)35/h5-8,15-17,21H,9-14H2,1-2H3,(H,30,31,36). The molecule has 3 aromatic rings. The topological polar surface area (TPSA) is 80.1 Å². The summed E-state index contributed by atoms with van der Waals surface area (Å²) in [5.74, 6) is 6.24. The van der Waals surface area contributed by atoms with Crippen molar-refractivity contribution < 1.29 is 14.0 Å². The predicted octanol–water partition coefficient (Wildman–Crippen LogP) is 4.68. The summed E-state index contributed by atoms with van der Waals surface area (Å²) in [4.78, 5) is 30.5. The molecule has 9 heteroatoms. The Bertz CT molecular complexity index is 1320. The lowest BCUT2D eigenvalue weighted by Gasteiger charge is -2.31. The highest BCUT2D eigenvalue weighted by atomic mass is 35.5. The van der Waals surface area contributed by atoms with Crippen LogP contribution in [0.5, 0.6) is 0 Å². The Hall–Kier alpha value is -3.70. The van der Waals surface area contributed by atoms with Crippen molar-refractivity contribution in [2.75, 3.05) is 18.4 Å². The second kappa shape index (κ2) is 11.4. The van der Waals surface area contributed by atoms with Crippen LogP contribution in [0.4, 0.5) is 10.2 Å². The van der Waals surface area contributed by atoms with Gasteiger partial charge in [-0.3, -0.25) is 14.3 Å². The minimum absolute atomic E-state index is 0.125. The molecule has 7 nitrogen and oxygen atoms in total. The van der Waals surface area contributed by atoms with Crippen LogP contribution in [0.3, 0.4) is 0 Å². The maximum absolute atomic E-state index is 13.0. The van der Waals surface area contributed by atoms with Crippen LogP contribution in [0.1, 0.15) is 53.4 Å². The fourth-order valence-corrected chi connectivity index (χ4v) is 4.37. The van der Waals surface area contributed by atoms with Gasteiger partial charge < -0.3 is 10.2 Å². The molecule has 0 radical (unpaired) electrons. The first kappa shape index (κ1) is 25.4. The largest absolute Gasteiger partial charge is 0.343 e. The molecule has 2 aromatic heterocycles. The van der Waals surface area contributed by atoms with Crippen LogP contribution in [-0.4, -0.2) is 44.6 Å². The maximum Gasteiger partial charge on any atom is 0.278 e. The summed E-state index contributed by atoms with van der Waals surface area (Å²) in [5.41, 5.74) is 2.25. The minimum atomic E-state index is -0.436. The average Bonchev–Trinajstić information content (AvgIpc) is 3.24. The molecule has 1 aliphatic rings. The second-order valence-electron chi connectivity index (χ2n) is 8.93. The van der Waals surface area contributed by atoms with Crippen molar-refractivity contribution in [2.45, 2.75) is 39.7 Å². The molecule has 1 aromatic carbocycles. The van der Waals surface area contributed by atoms with Crippen molar-refractivity contribution in [1.82, 2.24) is 19.7 Å². The van der Waals surface area contributed by atoms with Gasteiger partial charge >= 0.3 is 0 Å². The summed E-state index contributed by atoms with van der Waals surface area (Å²) in [5, 5.41) is 7.43. The summed E-state index contributed by atoms with van der Waals surface area (Å²) in [6.07, 6.45) is 6.08. The molecule has 1 saturated heterocycles. The number of benzene rings is 1. The number of hydrogen-bond donors (Lipinski definition) is 1. The third-order valence-corrected chi connectivity index (χ3v) is 6.54. The van der Waals surface area contributed by atoms with E-state index in [2.05, 4.69) is 27.2 Å². The molecule has 4 rings (SSSR count). The number of rotatable bonds is 5. The van der Waals surface area contributed by atoms with Gasteiger partial charge in [0.2, 0.25) is 5.91 Å². The van der Waals surface area contributed by atoms with E-state index in [1.54, 1.807) is 36.1 Å². The van der Waals surface area contributed by atoms with Gasteiger partial charge in [-0.2, -0.15) is 5.10 Å². The predicted molar refractivity (Wildman–Crippen MR) is 136 cm³/mol. The molecular weight excluding hydrogens is 481 g/mol. The molecule has 0 aliphatic carbocycles. The quantitative estimate of drug-likeness (QED) is 0.508. The Morgan fingerprint density at radius 2 is 1.86 bits per heavy atom. The first-order valence-electron chi connectivity index (χ1n) is 11.8. The summed E-state index contributed by atoms with van der Waals surface area (Å²) < 4.78 is 14.7. The number of carbonyl (C=O) groups is 2. The number of halogens is 2. The summed E-state index contributed by atoms with van der Waals surface area (Å²) in [6.45, 7) is 5.65. The van der Waals surface area contributed by atoms with Crippen LogP contribution in [0.2, 0.25) is 5.02 Å². The van der Waals surface area contributed by atoms with Crippen LogP contribution >= 0.6 is 11.6 Å². The van der Waals surface area contributed by atoms with Gasteiger partial charge in [0.05, 0.1) is 5.02 Å². The fraction of sp³-hybridized carbons (Fsp3) is 0.333. The van der Waals surface area contributed by atoms with Crippen molar-refractivity contribution in [3.05, 3.63) is 75.9 Å². The number of carbonyl (C=O) groups excluding carboxylic acids is 2. The summed E-state index contributed by atoms with van der Waals surface area (Å²) in [6, 6.07) is 7.75. The molecule has 1 fully saturated rings. The second-order valence-corrected chi connectivity index (χ2v) is 9.33. The zero-order valence-electron chi connectivity index (χ0n) is 20.2. The SMILES string of the molecule is CC(=O)N1CCC(CCn2cc(Cl)c(C(=O)Nc3ncc(C#Cc4ccc(F)cc4)cc3C)n2)CC1. The lowest BCUT2D eigenvalue weighted by atomic mass is 9.93. The van der Waals surface area contributed by atoms with Crippen molar-refractivity contribution in [2.24, 2.45) is 5.92 Å². The van der Waals surface area contributed by atoms with E-state index in [4.69, 9.17) is 11.6 Å². The van der Waals surface area contributed by atoms with Gasteiger partial charge in [-0.15, -0.1) is 0 Å². The number of piperidine rings is 1. The fourth-order valence-electron chi connectivity index (χ4n) is 4.14. The summed E-state index contributed by atoms with van der Waals surface area (Å²) in [7, 11) is 0. The van der Waals surface area contributed by atoms with E-state index in [1.807, 2.05) is 17.9 Å². The van der Waals surface area contributed by atoms with E-state index in [0.717, 1.165) is 37.9 Å². The Morgan fingerprint density at radius 1 is 1.17 bits per heavy atom. The number of amides is 2. The maximum atomic E-state index is 13.0. The van der Waals surface area contributed by atoms with E-state index in [9.17, 15) is 14.0 Å². The third-order valence-electron chi connectivity index (χ3n) is 6.26. The molecule has 0 spiro atoms. The number of anilines is 1. The molecule has 186 valence electrons. The zero-order valence-corrected chi connectivity index (χ0v) is 21.0. The summed E-state index contributed by atoms with van der Waals surface area (Å²) >= 11 is 6.31. The van der Waals surface area contributed by atoms with Gasteiger partial charge in [-0.25, -0.2) is 9.37 Å². The van der Waals surface area contributed by atoms with Crippen LogP contribution in [-0.2, 0) is 11.3 Å². The number of aromatic nitrogens is 3. The Morgan fingerprint density at radius 3 is 2.53 bits per heavy atom. The number of aryl methyl sites for hydroxylation is 2. The van der Waals surface area contributed by atoms with E-state index in [-0.39, 0.29) is 22.4 Å². The van der Waals surface area contributed by atoms with E-state index < -0.39 is 5.91 Å². The lowest BCUT2D eigenvalue weighted by molar-refractivity contribution is -0.130. The van der Waals surface area contributed by atoms with Crippen molar-refractivity contribution >= 4 is 29.2 Å². The van der Waals surface area contributed by atoms with Crippen LogP contribution in [0, 0.1) is 30.5 Å². The van der Waals surface area contributed by atoms with Gasteiger partial charge in [0.15, 0.2) is 5.69 Å². The minimum Gasteiger partial charge on any atom is -0.343 e. The Balaban J connectivity index is 1.34. The highest BCUT2D eigenvalue weighted by Gasteiger charge is 2.22. The number of nitrogens with one attached hydrogen (secondary N) is 1. The number of hydrogen-bond acceptors (Lipinski definition) is 4. The third kappa shape index (κ3) is 6.49. The highest BCUT2D eigenvalue weighted by molar-refractivity contribution is 6.34. The molecule has 1 N–H and O–H groups in total. The normalized spacial score (nSPS) is 13.7. The monoisotopic (exact) mass is 507 g/mol. The van der Waals surface area contributed by atoms with Gasteiger partial charge in [-0.05, 0) is 68.0 Å². The average molecular weight is 508 g/mol. The smallest absolute Gasteiger partial charge is 0.278 e. The molecule has 0 saturated carbocycles. The molecule has 0 bridgehead atoms. The van der Waals surface area contributed by atoms with Crippen LogP contribution < -0.4 is 5.32 Å². The number of nitrogens with zero attached hydrogens (tertiary/aromatic N) is 4. The van der Waals surface area contributed by atoms with Gasteiger partial charge in [0.25, 0.3) is 5.91 Å². The van der Waals surface area contributed by atoms with Crippen LogP contribution in [0.25, 0.3) is 0 Å². The molecule has 0 atom stereocenters. The molecule has 2 amide bonds. The number of pyridine rings is 1. The van der Waals surface area contributed by atoms with E-state index in [1.165, 1.54) is 12.1 Å². The Labute approximate surface area is 214 Å². The first-order valence-corrected chi connectivity index (χ1v) is 12.2. The van der Waals surface area contributed by atoms with E-state index in [0.29, 0.717) is 29.4 Å². The molecule has 1 aliphatic heterocycles.